The van der Waals surface area contributed by atoms with Crippen LogP contribution in [0.1, 0.15) is 38.1 Å². The number of hydrogen-bond acceptors (Lipinski definition) is 4. The minimum absolute atomic E-state index is 0.00702. The van der Waals surface area contributed by atoms with Gasteiger partial charge in [0.15, 0.2) is 0 Å². The number of aromatic nitrogens is 1. The summed E-state index contributed by atoms with van der Waals surface area (Å²) in [6.45, 7) is 8.26. The number of carbonyl (C=O) groups is 1. The first-order valence-electron chi connectivity index (χ1n) is 6.42. The van der Waals surface area contributed by atoms with Gasteiger partial charge in [0.25, 0.3) is 0 Å². The smallest absolute Gasteiger partial charge is 0.407 e. The molecule has 1 unspecified atom stereocenters. The van der Waals surface area contributed by atoms with Crippen molar-refractivity contribution in [3.05, 3.63) is 29.6 Å². The molecule has 3 N–H and O–H groups in total. The molecular weight excluding hydrogens is 242 g/mol. The number of nitrogens with zero attached hydrogens (tertiary/aromatic N) is 1. The molecule has 0 fully saturated rings. The minimum Gasteiger partial charge on any atom is -0.444 e. The van der Waals surface area contributed by atoms with Crippen LogP contribution in [-0.4, -0.2) is 29.8 Å². The Morgan fingerprint density at radius 1 is 1.47 bits per heavy atom. The lowest BCUT2D eigenvalue weighted by atomic mass is 10.0. The van der Waals surface area contributed by atoms with Gasteiger partial charge in [-0.05, 0) is 39.8 Å². The Labute approximate surface area is 114 Å². The van der Waals surface area contributed by atoms with E-state index in [2.05, 4.69) is 10.3 Å². The number of ether oxygens (including phenoxy) is 1. The third-order valence-corrected chi connectivity index (χ3v) is 2.50. The van der Waals surface area contributed by atoms with Gasteiger partial charge in [-0.15, -0.1) is 0 Å². The molecule has 1 aromatic heterocycles. The van der Waals surface area contributed by atoms with Crippen LogP contribution in [-0.2, 0) is 4.74 Å². The van der Waals surface area contributed by atoms with E-state index in [9.17, 15) is 4.79 Å². The number of pyridine rings is 1. The summed E-state index contributed by atoms with van der Waals surface area (Å²) in [7, 11) is 0. The van der Waals surface area contributed by atoms with E-state index in [0.29, 0.717) is 13.1 Å². The Kier molecular flexibility index (Phi) is 5.30. The lowest BCUT2D eigenvalue weighted by Crippen LogP contribution is -2.36. The minimum atomic E-state index is -0.496. The first-order chi connectivity index (χ1) is 8.81. The maximum atomic E-state index is 11.6. The highest BCUT2D eigenvalue weighted by atomic mass is 16.6. The molecule has 0 radical (unpaired) electrons. The molecule has 0 spiro atoms. The predicted octanol–water partition coefficient (Wildman–Crippen LogP) is 1.96. The summed E-state index contributed by atoms with van der Waals surface area (Å²) in [4.78, 5) is 16.0. The summed E-state index contributed by atoms with van der Waals surface area (Å²) in [5.74, 6) is -0.00702. The van der Waals surface area contributed by atoms with Gasteiger partial charge < -0.3 is 15.8 Å². The van der Waals surface area contributed by atoms with Crippen LogP contribution in [0.25, 0.3) is 0 Å². The molecule has 19 heavy (non-hydrogen) atoms. The Balaban J connectivity index is 2.56. The van der Waals surface area contributed by atoms with Crippen molar-refractivity contribution in [3.8, 4) is 0 Å². The molecule has 106 valence electrons. The Hall–Kier alpha value is -1.62. The van der Waals surface area contributed by atoms with Gasteiger partial charge in [0.2, 0.25) is 0 Å². The van der Waals surface area contributed by atoms with Gasteiger partial charge in [0, 0.05) is 30.4 Å². The van der Waals surface area contributed by atoms with Crippen molar-refractivity contribution in [1.82, 2.24) is 10.3 Å². The van der Waals surface area contributed by atoms with Crippen molar-refractivity contribution in [2.75, 3.05) is 13.1 Å². The van der Waals surface area contributed by atoms with E-state index < -0.39 is 11.7 Å². The lowest BCUT2D eigenvalue weighted by Gasteiger charge is -2.21. The first kappa shape index (κ1) is 15.4. The molecule has 0 bridgehead atoms. The van der Waals surface area contributed by atoms with Gasteiger partial charge in [-0.1, -0.05) is 6.07 Å². The van der Waals surface area contributed by atoms with Crippen molar-refractivity contribution < 1.29 is 9.53 Å². The van der Waals surface area contributed by atoms with Crippen LogP contribution in [0.15, 0.2) is 18.2 Å². The van der Waals surface area contributed by atoms with Crippen LogP contribution in [0.5, 0.6) is 0 Å². The van der Waals surface area contributed by atoms with Crippen LogP contribution in [0, 0.1) is 6.92 Å². The number of rotatable bonds is 4. The van der Waals surface area contributed by atoms with Crippen molar-refractivity contribution >= 4 is 6.09 Å². The van der Waals surface area contributed by atoms with Gasteiger partial charge in [-0.25, -0.2) is 4.79 Å². The highest BCUT2D eigenvalue weighted by molar-refractivity contribution is 5.67. The van der Waals surface area contributed by atoms with Gasteiger partial charge >= 0.3 is 6.09 Å². The Morgan fingerprint density at radius 2 is 2.16 bits per heavy atom. The fourth-order valence-electron chi connectivity index (χ4n) is 1.62. The van der Waals surface area contributed by atoms with Crippen LogP contribution in [0.4, 0.5) is 4.79 Å². The normalized spacial score (nSPS) is 12.9. The Bertz CT molecular complexity index is 427. The molecular formula is C14H23N3O2. The molecule has 0 aliphatic heterocycles. The van der Waals surface area contributed by atoms with Gasteiger partial charge in [-0.3, -0.25) is 4.98 Å². The average Bonchev–Trinajstić information content (AvgIpc) is 2.27. The topological polar surface area (TPSA) is 77.2 Å². The van der Waals surface area contributed by atoms with Crippen LogP contribution in [0.3, 0.4) is 0 Å². The molecule has 0 aliphatic carbocycles. The maximum Gasteiger partial charge on any atom is 0.407 e. The van der Waals surface area contributed by atoms with Crippen LogP contribution >= 0.6 is 0 Å². The largest absolute Gasteiger partial charge is 0.444 e. The summed E-state index contributed by atoms with van der Waals surface area (Å²) in [5.41, 5.74) is 7.07. The van der Waals surface area contributed by atoms with Gasteiger partial charge in [0.1, 0.15) is 5.60 Å². The maximum absolute atomic E-state index is 11.6. The molecule has 1 aromatic rings. The van der Waals surface area contributed by atoms with Crippen molar-refractivity contribution in [2.24, 2.45) is 5.73 Å². The number of alkyl carbamates (subject to hydrolysis) is 1. The van der Waals surface area contributed by atoms with Gasteiger partial charge in [-0.2, -0.15) is 0 Å². The zero-order valence-electron chi connectivity index (χ0n) is 12.1. The summed E-state index contributed by atoms with van der Waals surface area (Å²) >= 11 is 0. The van der Waals surface area contributed by atoms with Crippen LogP contribution in [0.2, 0.25) is 0 Å². The van der Waals surface area contributed by atoms with Crippen molar-refractivity contribution in [2.45, 2.75) is 39.2 Å². The second-order valence-electron chi connectivity index (χ2n) is 5.52. The number of nitrogens with two attached hydrogens (primary N) is 1. The number of nitrogens with one attached hydrogen (secondary N) is 1. The van der Waals surface area contributed by atoms with Crippen molar-refractivity contribution in [1.29, 1.82) is 0 Å². The molecule has 5 nitrogen and oxygen atoms in total. The summed E-state index contributed by atoms with van der Waals surface area (Å²) < 4.78 is 5.18. The highest BCUT2D eigenvalue weighted by Gasteiger charge is 2.18. The monoisotopic (exact) mass is 265 g/mol. The first-order valence-corrected chi connectivity index (χ1v) is 6.42. The van der Waals surface area contributed by atoms with E-state index >= 15 is 0 Å². The number of carbonyl (C=O) groups excluding carboxylic acids is 1. The SMILES string of the molecule is Cc1cccc(C(CN)CNC(=O)OC(C)(C)C)n1. The quantitative estimate of drug-likeness (QED) is 0.872. The molecule has 0 saturated carbocycles. The molecule has 1 amide bonds. The van der Waals surface area contributed by atoms with E-state index in [1.165, 1.54) is 0 Å². The fourth-order valence-corrected chi connectivity index (χ4v) is 1.62. The van der Waals surface area contributed by atoms with Crippen LogP contribution < -0.4 is 11.1 Å². The fraction of sp³-hybridized carbons (Fsp3) is 0.571. The molecule has 1 atom stereocenters. The number of hydrogen-bond donors (Lipinski definition) is 2. The molecule has 0 aromatic carbocycles. The average molecular weight is 265 g/mol. The summed E-state index contributed by atoms with van der Waals surface area (Å²) in [5, 5.41) is 2.73. The standard InChI is InChI=1S/C14H23N3O2/c1-10-6-5-7-12(17-10)11(8-15)9-16-13(18)19-14(2,3)4/h5-7,11H,8-9,15H2,1-4H3,(H,16,18). The zero-order chi connectivity index (χ0) is 14.5. The third kappa shape index (κ3) is 5.70. The van der Waals surface area contributed by atoms with Crippen molar-refractivity contribution in [3.63, 3.8) is 0 Å². The van der Waals surface area contributed by atoms with E-state index in [1.807, 2.05) is 45.9 Å². The second kappa shape index (κ2) is 6.52. The number of aryl methyl sites for hydroxylation is 1. The zero-order valence-corrected chi connectivity index (χ0v) is 12.1. The second-order valence-corrected chi connectivity index (χ2v) is 5.52. The van der Waals surface area contributed by atoms with Gasteiger partial charge in [0.05, 0.1) is 0 Å². The lowest BCUT2D eigenvalue weighted by molar-refractivity contribution is 0.0524. The molecule has 5 heteroatoms. The summed E-state index contributed by atoms with van der Waals surface area (Å²) in [6, 6.07) is 5.79. The summed E-state index contributed by atoms with van der Waals surface area (Å²) in [6.07, 6.45) is -0.432. The van der Waals surface area contributed by atoms with E-state index in [4.69, 9.17) is 10.5 Å². The predicted molar refractivity (Wildman–Crippen MR) is 75.0 cm³/mol. The highest BCUT2D eigenvalue weighted by Crippen LogP contribution is 2.12. The van der Waals surface area contributed by atoms with E-state index in [-0.39, 0.29) is 5.92 Å². The molecule has 0 aliphatic rings. The molecule has 0 saturated heterocycles. The molecule has 1 heterocycles. The van der Waals surface area contributed by atoms with E-state index in [0.717, 1.165) is 11.4 Å². The van der Waals surface area contributed by atoms with E-state index in [1.54, 1.807) is 0 Å². The molecule has 1 rings (SSSR count). The Morgan fingerprint density at radius 3 is 2.68 bits per heavy atom. The third-order valence-electron chi connectivity index (χ3n) is 2.50. The number of amides is 1.